The highest BCUT2D eigenvalue weighted by Crippen LogP contribution is 2.51. The van der Waals surface area contributed by atoms with Crippen LogP contribution in [0.15, 0.2) is 28.0 Å². The molecule has 1 aliphatic carbocycles. The largest absolute Gasteiger partial charge is 0.598 e. The Kier molecular flexibility index (Phi) is 5.77. The Hall–Kier alpha value is -1.97. The van der Waals surface area contributed by atoms with E-state index in [-0.39, 0.29) is 21.9 Å². The van der Waals surface area contributed by atoms with Crippen LogP contribution in [0.25, 0.3) is 11.0 Å². The molecular weight excluding hydrogens is 504 g/mol. The molecule has 2 aliphatic heterocycles. The normalized spacial score (nSPS) is 23.3. The van der Waals surface area contributed by atoms with E-state index in [1.54, 1.807) is 0 Å². The summed E-state index contributed by atoms with van der Waals surface area (Å²) in [6.07, 6.45) is 7.10. The number of aromatic nitrogens is 4. The number of piperidine rings is 1. The molecule has 5 rings (SSSR count). The Bertz CT molecular complexity index is 1190. The molecule has 4 heterocycles. The fourth-order valence-electron chi connectivity index (χ4n) is 5.02. The van der Waals surface area contributed by atoms with Crippen molar-refractivity contribution >= 4 is 44.3 Å². The smallest absolute Gasteiger partial charge is 0.233 e. The van der Waals surface area contributed by atoms with Crippen LogP contribution in [-0.2, 0) is 11.4 Å². The summed E-state index contributed by atoms with van der Waals surface area (Å²) >= 11 is 2.17. The lowest BCUT2D eigenvalue weighted by Gasteiger charge is -2.41. The van der Waals surface area contributed by atoms with Crippen molar-refractivity contribution in [3.63, 3.8) is 0 Å². The number of rotatable bonds is 3. The predicted octanol–water partition coefficient (Wildman–Crippen LogP) is 2.81. The van der Waals surface area contributed by atoms with Gasteiger partial charge < -0.3 is 14.8 Å². The molecule has 1 saturated heterocycles. The number of nitriles is 1. The van der Waals surface area contributed by atoms with Gasteiger partial charge in [-0.05, 0) is 74.6 Å². The summed E-state index contributed by atoms with van der Waals surface area (Å²) in [7, 11) is 0. The Morgan fingerprint density at radius 1 is 1.33 bits per heavy atom. The molecule has 0 amide bonds. The molecule has 1 spiro atoms. The van der Waals surface area contributed by atoms with Gasteiger partial charge in [0.05, 0.1) is 11.4 Å². The molecule has 0 saturated carbocycles. The van der Waals surface area contributed by atoms with Crippen molar-refractivity contribution in [2.24, 2.45) is 5.41 Å². The van der Waals surface area contributed by atoms with Crippen molar-refractivity contribution in [2.75, 3.05) is 24.5 Å². The maximum Gasteiger partial charge on any atom is 0.233 e. The van der Waals surface area contributed by atoms with Gasteiger partial charge in [-0.1, -0.05) is 12.2 Å². The Morgan fingerprint density at radius 3 is 2.79 bits per heavy atom. The van der Waals surface area contributed by atoms with Crippen LogP contribution in [0, 0.1) is 16.7 Å². The van der Waals surface area contributed by atoms with E-state index in [0.717, 1.165) is 43.6 Å². The summed E-state index contributed by atoms with van der Waals surface area (Å²) in [4.78, 5) is 11.4. The fraction of sp³-hybridized carbons (Fsp3) is 0.545. The zero-order valence-electron chi connectivity index (χ0n) is 18.9. The van der Waals surface area contributed by atoms with E-state index in [0.29, 0.717) is 28.1 Å². The van der Waals surface area contributed by atoms with Crippen LogP contribution in [-0.4, -0.2) is 55.1 Å². The van der Waals surface area contributed by atoms with Gasteiger partial charge in [0.2, 0.25) is 5.95 Å². The second-order valence-electron chi connectivity index (χ2n) is 9.86. The number of H-pyrrole nitrogens is 1. The molecule has 174 valence electrons. The molecule has 3 aliphatic rings. The first kappa shape index (κ1) is 22.8. The zero-order valence-corrected chi connectivity index (χ0v) is 21.3. The molecule has 0 aromatic carbocycles. The van der Waals surface area contributed by atoms with Gasteiger partial charge >= 0.3 is 0 Å². The zero-order chi connectivity index (χ0) is 23.4. The maximum absolute atomic E-state index is 13.2. The molecule has 0 bridgehead atoms. The number of hydrogen-bond acceptors (Lipinski definition) is 8. The average molecular weight is 531 g/mol. The first-order valence-electron chi connectivity index (χ1n) is 11.1. The van der Waals surface area contributed by atoms with Gasteiger partial charge in [-0.3, -0.25) is 5.10 Å². The van der Waals surface area contributed by atoms with Crippen LogP contribution < -0.4 is 14.9 Å². The van der Waals surface area contributed by atoms with Crippen LogP contribution >= 0.6 is 15.9 Å². The third-order valence-electron chi connectivity index (χ3n) is 6.78. The number of hydrogen-bond donors (Lipinski definition) is 3. The van der Waals surface area contributed by atoms with E-state index < -0.39 is 11.4 Å². The number of halogens is 1. The molecule has 3 N–H and O–H groups in total. The van der Waals surface area contributed by atoms with E-state index in [9.17, 15) is 9.81 Å². The molecule has 2 aromatic rings. The Labute approximate surface area is 204 Å². The molecule has 11 heteroatoms. The molecule has 0 unspecified atom stereocenters. The van der Waals surface area contributed by atoms with Gasteiger partial charge in [-0.2, -0.15) is 15.3 Å². The SMILES string of the molecule is CC(C)(C)[S@@+]([O-])N[C@@H]1C2=C(CC13CCNCC3)N(c1nc(C#N)c3c(Br)n[nH]c3n1)CC=C2. The third kappa shape index (κ3) is 3.88. The van der Waals surface area contributed by atoms with E-state index >= 15 is 0 Å². The number of nitrogens with zero attached hydrogens (tertiary/aromatic N) is 5. The Balaban J connectivity index is 1.58. The van der Waals surface area contributed by atoms with Crippen molar-refractivity contribution in [1.29, 1.82) is 5.26 Å². The van der Waals surface area contributed by atoms with Gasteiger partial charge in [0.15, 0.2) is 11.3 Å². The first-order valence-corrected chi connectivity index (χ1v) is 13.1. The van der Waals surface area contributed by atoms with Crippen molar-refractivity contribution in [3.8, 4) is 6.07 Å². The summed E-state index contributed by atoms with van der Waals surface area (Å²) in [5.41, 5.74) is 3.07. The quantitative estimate of drug-likeness (QED) is 0.516. The minimum atomic E-state index is -1.20. The van der Waals surface area contributed by atoms with Gasteiger partial charge in [-0.15, -0.1) is 4.72 Å². The molecule has 0 radical (unpaired) electrons. The molecule has 1 fully saturated rings. The second kappa shape index (κ2) is 8.36. The summed E-state index contributed by atoms with van der Waals surface area (Å²) in [6.45, 7) is 8.48. The van der Waals surface area contributed by atoms with Gasteiger partial charge in [0, 0.05) is 29.0 Å². The number of anilines is 1. The average Bonchev–Trinajstić information content (AvgIpc) is 3.31. The van der Waals surface area contributed by atoms with Crippen molar-refractivity contribution in [1.82, 2.24) is 30.2 Å². The number of fused-ring (bicyclic) bond motifs is 1. The summed E-state index contributed by atoms with van der Waals surface area (Å²) in [6, 6.07) is 2.16. The van der Waals surface area contributed by atoms with Gasteiger partial charge in [-0.25, -0.2) is 4.98 Å². The maximum atomic E-state index is 13.2. The van der Waals surface area contributed by atoms with Crippen LogP contribution in [0.2, 0.25) is 0 Å². The molecule has 2 aromatic heterocycles. The first-order chi connectivity index (χ1) is 15.7. The standard InChI is InChI=1S/C22H27BrN8OS/c1-21(2,3)33(32)30-17-13-5-4-10-31(15(13)11-22(17)6-8-25-9-7-22)20-26-14(12-24)16-18(23)28-29-19(16)27-20/h4-5,17,25,30H,6-11H2,1-3H3,(H,26,27,28,29)/t17-,33-/m1/s1. The van der Waals surface area contributed by atoms with Crippen molar-refractivity contribution < 1.29 is 4.55 Å². The highest BCUT2D eigenvalue weighted by molar-refractivity contribution is 9.10. The molecule has 33 heavy (non-hydrogen) atoms. The second-order valence-corrected chi connectivity index (χ2v) is 12.6. The summed E-state index contributed by atoms with van der Waals surface area (Å²) in [5, 5.41) is 20.8. The van der Waals surface area contributed by atoms with Crippen LogP contribution in [0.5, 0.6) is 0 Å². The minimum absolute atomic E-state index is 0.0193. The van der Waals surface area contributed by atoms with E-state index in [4.69, 9.17) is 4.98 Å². The molecule has 2 atom stereocenters. The van der Waals surface area contributed by atoms with Gasteiger partial charge in [0.25, 0.3) is 0 Å². The monoisotopic (exact) mass is 530 g/mol. The summed E-state index contributed by atoms with van der Waals surface area (Å²) < 4.78 is 16.8. The lowest BCUT2D eigenvalue weighted by atomic mass is 9.73. The molecular formula is C22H27BrN8OS. The van der Waals surface area contributed by atoms with Crippen LogP contribution in [0.4, 0.5) is 5.95 Å². The highest BCUT2D eigenvalue weighted by atomic mass is 79.9. The third-order valence-corrected chi connectivity index (χ3v) is 8.91. The number of allylic oxidation sites excluding steroid dienone is 1. The predicted molar refractivity (Wildman–Crippen MR) is 132 cm³/mol. The topological polar surface area (TPSA) is 129 Å². The van der Waals surface area contributed by atoms with Crippen molar-refractivity contribution in [3.05, 3.63) is 33.7 Å². The minimum Gasteiger partial charge on any atom is -0.598 e. The lowest BCUT2D eigenvalue weighted by molar-refractivity contribution is 0.180. The number of aromatic amines is 1. The van der Waals surface area contributed by atoms with Crippen LogP contribution in [0.3, 0.4) is 0 Å². The number of nitrogens with one attached hydrogen (secondary N) is 3. The van der Waals surface area contributed by atoms with E-state index in [2.05, 4.69) is 64.3 Å². The summed E-state index contributed by atoms with van der Waals surface area (Å²) in [5.74, 6) is 0.480. The Morgan fingerprint density at radius 2 is 2.09 bits per heavy atom. The molecule has 9 nitrogen and oxygen atoms in total. The fourth-order valence-corrected chi connectivity index (χ4v) is 6.43. The van der Waals surface area contributed by atoms with Gasteiger partial charge in [0.1, 0.15) is 15.4 Å². The lowest BCUT2D eigenvalue weighted by Crippen LogP contribution is -2.53. The van der Waals surface area contributed by atoms with E-state index in [1.807, 2.05) is 20.8 Å². The van der Waals surface area contributed by atoms with E-state index in [1.165, 1.54) is 0 Å². The highest BCUT2D eigenvalue weighted by Gasteiger charge is 2.52. The van der Waals surface area contributed by atoms with Crippen LogP contribution in [0.1, 0.15) is 45.7 Å². The van der Waals surface area contributed by atoms with Crippen molar-refractivity contribution in [2.45, 2.75) is 50.8 Å².